The van der Waals surface area contributed by atoms with Crippen molar-refractivity contribution in [3.05, 3.63) is 24.3 Å². The molecule has 1 aromatic rings. The monoisotopic (exact) mass is 246 g/mol. The molecule has 1 aromatic carbocycles. The molecule has 7 heteroatoms. The maximum Gasteiger partial charge on any atom is 0.296 e. The predicted molar refractivity (Wildman–Crippen MR) is 60.5 cm³/mol. The van der Waals surface area contributed by atoms with Gasteiger partial charge in [0.05, 0.1) is 12.3 Å². The summed E-state index contributed by atoms with van der Waals surface area (Å²) in [6.07, 6.45) is 0. The molecule has 6 nitrogen and oxygen atoms in total. The van der Waals surface area contributed by atoms with Gasteiger partial charge in [-0.05, 0) is 12.1 Å². The Kier molecular flexibility index (Phi) is 4.53. The minimum absolute atomic E-state index is 0.359. The summed E-state index contributed by atoms with van der Waals surface area (Å²) >= 11 is 0. The number of hydrogen-bond acceptors (Lipinski definition) is 4. The van der Waals surface area contributed by atoms with Crippen molar-refractivity contribution in [1.29, 1.82) is 0 Å². The Hall–Kier alpha value is -1.31. The summed E-state index contributed by atoms with van der Waals surface area (Å²) in [5.74, 6) is 0.547. The fraction of sp³-hybridized carbons (Fsp3) is 0.333. The topological polar surface area (TPSA) is 90.7 Å². The summed E-state index contributed by atoms with van der Waals surface area (Å²) in [6, 6.07) is 6.49. The molecule has 0 saturated carbocycles. The molecule has 0 aliphatic carbocycles. The van der Waals surface area contributed by atoms with Gasteiger partial charge in [-0.25, -0.2) is 5.14 Å². The van der Waals surface area contributed by atoms with Gasteiger partial charge >= 0.3 is 0 Å². The van der Waals surface area contributed by atoms with Crippen molar-refractivity contribution in [2.24, 2.45) is 5.14 Å². The Morgan fingerprint density at radius 3 is 2.75 bits per heavy atom. The summed E-state index contributed by atoms with van der Waals surface area (Å²) in [4.78, 5) is 0. The van der Waals surface area contributed by atoms with E-state index in [2.05, 4.69) is 4.72 Å². The molecule has 3 N–H and O–H groups in total. The van der Waals surface area contributed by atoms with E-state index in [1.807, 2.05) is 0 Å². The molecule has 0 saturated heterocycles. The van der Waals surface area contributed by atoms with E-state index in [0.29, 0.717) is 24.7 Å². The van der Waals surface area contributed by atoms with E-state index in [-0.39, 0.29) is 0 Å². The van der Waals surface area contributed by atoms with Gasteiger partial charge in [0.2, 0.25) is 0 Å². The second kappa shape index (κ2) is 5.69. The first-order valence-electron chi connectivity index (χ1n) is 4.53. The van der Waals surface area contributed by atoms with Crippen molar-refractivity contribution >= 4 is 15.9 Å². The SMILES string of the molecule is COCCOc1cccc(NS(N)(=O)=O)c1. The highest BCUT2D eigenvalue weighted by Crippen LogP contribution is 2.17. The molecular weight excluding hydrogens is 232 g/mol. The van der Waals surface area contributed by atoms with Crippen LogP contribution in [-0.4, -0.2) is 28.7 Å². The molecule has 0 aliphatic heterocycles. The standard InChI is InChI=1S/C9H14N2O4S/c1-14-5-6-15-9-4-2-3-8(7-9)11-16(10,12)13/h2-4,7,11H,5-6H2,1H3,(H2,10,12,13). The van der Waals surface area contributed by atoms with E-state index in [9.17, 15) is 8.42 Å². The first-order chi connectivity index (χ1) is 7.51. The third-order valence-corrected chi connectivity index (χ3v) is 2.17. The fourth-order valence-corrected chi connectivity index (χ4v) is 1.51. The van der Waals surface area contributed by atoms with Gasteiger partial charge in [0.1, 0.15) is 12.4 Å². The number of ether oxygens (including phenoxy) is 2. The first kappa shape index (κ1) is 12.8. The third kappa shape index (κ3) is 4.96. The summed E-state index contributed by atoms with van der Waals surface area (Å²) in [5, 5.41) is 4.84. The lowest BCUT2D eigenvalue weighted by atomic mass is 10.3. The highest BCUT2D eigenvalue weighted by molar-refractivity contribution is 7.90. The molecule has 0 unspecified atom stereocenters. The quantitative estimate of drug-likeness (QED) is 0.707. The number of methoxy groups -OCH3 is 1. The smallest absolute Gasteiger partial charge is 0.296 e. The van der Waals surface area contributed by atoms with Crippen LogP contribution in [0.2, 0.25) is 0 Å². The Morgan fingerprint density at radius 1 is 1.38 bits per heavy atom. The molecule has 0 radical (unpaired) electrons. The van der Waals surface area contributed by atoms with Gasteiger partial charge in [0, 0.05) is 13.2 Å². The van der Waals surface area contributed by atoms with Crippen LogP contribution in [0.15, 0.2) is 24.3 Å². The maximum absolute atomic E-state index is 10.8. The molecular formula is C9H14N2O4S. The third-order valence-electron chi connectivity index (χ3n) is 1.65. The van der Waals surface area contributed by atoms with Gasteiger partial charge in [0.25, 0.3) is 10.2 Å². The van der Waals surface area contributed by atoms with Crippen molar-refractivity contribution in [3.8, 4) is 5.75 Å². The Morgan fingerprint density at radius 2 is 2.12 bits per heavy atom. The van der Waals surface area contributed by atoms with E-state index < -0.39 is 10.2 Å². The highest BCUT2D eigenvalue weighted by Gasteiger charge is 2.03. The van der Waals surface area contributed by atoms with Crippen LogP contribution < -0.4 is 14.6 Å². The summed E-state index contributed by atoms with van der Waals surface area (Å²) in [6.45, 7) is 0.863. The number of nitrogens with two attached hydrogens (primary N) is 1. The van der Waals surface area contributed by atoms with Gasteiger partial charge in [-0.2, -0.15) is 8.42 Å². The number of rotatable bonds is 6. The lowest BCUT2D eigenvalue weighted by Gasteiger charge is -2.08. The molecule has 0 atom stereocenters. The van der Waals surface area contributed by atoms with Gasteiger partial charge in [-0.15, -0.1) is 0 Å². The van der Waals surface area contributed by atoms with E-state index in [1.54, 1.807) is 31.4 Å². The second-order valence-electron chi connectivity index (χ2n) is 3.02. The van der Waals surface area contributed by atoms with Crippen LogP contribution in [0, 0.1) is 0 Å². The number of hydrogen-bond donors (Lipinski definition) is 2. The van der Waals surface area contributed by atoms with Crippen molar-refractivity contribution < 1.29 is 17.9 Å². The van der Waals surface area contributed by atoms with Gasteiger partial charge in [-0.3, -0.25) is 4.72 Å². The largest absolute Gasteiger partial charge is 0.491 e. The van der Waals surface area contributed by atoms with Crippen LogP contribution >= 0.6 is 0 Å². The van der Waals surface area contributed by atoms with Gasteiger partial charge < -0.3 is 9.47 Å². The molecule has 0 spiro atoms. The molecule has 16 heavy (non-hydrogen) atoms. The predicted octanol–water partition coefficient (Wildman–Crippen LogP) is 0.327. The summed E-state index contributed by atoms with van der Waals surface area (Å²) in [7, 11) is -2.18. The Bertz CT molecular complexity index is 433. The van der Waals surface area contributed by atoms with Crippen LogP contribution in [0.4, 0.5) is 5.69 Å². The summed E-state index contributed by atoms with van der Waals surface area (Å²) in [5.41, 5.74) is 0.359. The van der Waals surface area contributed by atoms with Crippen LogP contribution in [0.1, 0.15) is 0 Å². The van der Waals surface area contributed by atoms with E-state index in [0.717, 1.165) is 0 Å². The fourth-order valence-electron chi connectivity index (χ4n) is 1.06. The maximum atomic E-state index is 10.8. The van der Waals surface area contributed by atoms with E-state index in [4.69, 9.17) is 14.6 Å². The van der Waals surface area contributed by atoms with E-state index in [1.165, 1.54) is 0 Å². The minimum Gasteiger partial charge on any atom is -0.491 e. The van der Waals surface area contributed by atoms with E-state index >= 15 is 0 Å². The van der Waals surface area contributed by atoms with Crippen LogP contribution in [-0.2, 0) is 14.9 Å². The molecule has 0 fully saturated rings. The number of nitrogens with one attached hydrogen (secondary N) is 1. The minimum atomic E-state index is -3.75. The van der Waals surface area contributed by atoms with Gasteiger partial charge in [0.15, 0.2) is 0 Å². The molecule has 0 aliphatic rings. The lowest BCUT2D eigenvalue weighted by Crippen LogP contribution is -2.21. The normalized spacial score (nSPS) is 11.1. The molecule has 0 heterocycles. The molecule has 0 aromatic heterocycles. The Labute approximate surface area is 94.5 Å². The zero-order chi connectivity index (χ0) is 12.0. The molecule has 0 bridgehead atoms. The van der Waals surface area contributed by atoms with Crippen molar-refractivity contribution in [1.82, 2.24) is 0 Å². The average molecular weight is 246 g/mol. The highest BCUT2D eigenvalue weighted by atomic mass is 32.2. The van der Waals surface area contributed by atoms with Gasteiger partial charge in [-0.1, -0.05) is 6.07 Å². The zero-order valence-electron chi connectivity index (χ0n) is 8.84. The second-order valence-corrected chi connectivity index (χ2v) is 4.31. The lowest BCUT2D eigenvalue weighted by molar-refractivity contribution is 0.146. The summed E-state index contributed by atoms with van der Waals surface area (Å²) < 4.78 is 33.8. The van der Waals surface area contributed by atoms with Crippen molar-refractivity contribution in [2.75, 3.05) is 25.0 Å². The molecule has 1 rings (SSSR count). The molecule has 90 valence electrons. The zero-order valence-corrected chi connectivity index (χ0v) is 9.66. The van der Waals surface area contributed by atoms with Crippen LogP contribution in [0.5, 0.6) is 5.75 Å². The number of anilines is 1. The molecule has 0 amide bonds. The van der Waals surface area contributed by atoms with Crippen LogP contribution in [0.25, 0.3) is 0 Å². The van der Waals surface area contributed by atoms with Crippen LogP contribution in [0.3, 0.4) is 0 Å². The van der Waals surface area contributed by atoms with Crippen molar-refractivity contribution in [3.63, 3.8) is 0 Å². The first-order valence-corrected chi connectivity index (χ1v) is 6.08. The average Bonchev–Trinajstić information content (AvgIpc) is 2.16. The number of benzene rings is 1. The van der Waals surface area contributed by atoms with Crippen molar-refractivity contribution in [2.45, 2.75) is 0 Å². The Balaban J connectivity index is 2.64.